The van der Waals surface area contributed by atoms with Crippen LogP contribution in [0.4, 0.5) is 11.4 Å². The first-order valence-corrected chi connectivity index (χ1v) is 10.2. The van der Waals surface area contributed by atoms with Crippen LogP contribution < -0.4 is 14.4 Å². The molecule has 0 saturated carbocycles. The minimum Gasteiger partial charge on any atom is -0.478 e. The van der Waals surface area contributed by atoms with Gasteiger partial charge in [0.1, 0.15) is 5.75 Å². The number of ether oxygens (including phenoxy) is 1. The Balaban J connectivity index is 1.78. The highest BCUT2D eigenvalue weighted by atomic mass is 32.2. The summed E-state index contributed by atoms with van der Waals surface area (Å²) in [6, 6.07) is 15.8. The van der Waals surface area contributed by atoms with Gasteiger partial charge in [-0.15, -0.1) is 0 Å². The van der Waals surface area contributed by atoms with E-state index in [2.05, 4.69) is 11.4 Å². The summed E-state index contributed by atoms with van der Waals surface area (Å²) in [5.74, 6) is -0.00173. The van der Waals surface area contributed by atoms with Gasteiger partial charge in [-0.1, -0.05) is 24.3 Å². The number of carbonyl (C=O) groups is 1. The molecule has 1 amide bonds. The lowest BCUT2D eigenvalue weighted by Crippen LogP contribution is -2.35. The Morgan fingerprint density at radius 3 is 2.63 bits per heavy atom. The minimum absolute atomic E-state index is 0.148. The number of hydrogen-bond acceptors (Lipinski definition) is 5. The van der Waals surface area contributed by atoms with E-state index in [1.165, 1.54) is 4.31 Å². The molecule has 0 fully saturated rings. The normalized spacial score (nSPS) is 16.4. The SMILES string of the molecule is CS(=O)(=O)N1CCC(C(=O)Nc2ccc(CC#N)cc2)Oc2ccccc21. The van der Waals surface area contributed by atoms with E-state index in [1.807, 2.05) is 0 Å². The van der Waals surface area contributed by atoms with E-state index in [-0.39, 0.29) is 18.9 Å². The number of carbonyl (C=O) groups excluding carboxylic acids is 1. The molecule has 1 unspecified atom stereocenters. The van der Waals surface area contributed by atoms with Gasteiger partial charge in [-0.05, 0) is 29.8 Å². The third-order valence-electron chi connectivity index (χ3n) is 4.19. The third-order valence-corrected chi connectivity index (χ3v) is 5.37. The van der Waals surface area contributed by atoms with Gasteiger partial charge in [0.15, 0.2) is 6.10 Å². The van der Waals surface area contributed by atoms with Crippen LogP contribution in [-0.4, -0.2) is 33.2 Å². The van der Waals surface area contributed by atoms with E-state index in [0.29, 0.717) is 23.5 Å². The monoisotopic (exact) mass is 385 g/mol. The molecule has 1 aliphatic rings. The maximum absolute atomic E-state index is 12.6. The zero-order chi connectivity index (χ0) is 19.4. The molecule has 0 radical (unpaired) electrons. The predicted molar refractivity (Wildman–Crippen MR) is 102 cm³/mol. The molecule has 0 saturated heterocycles. The molecule has 7 nitrogen and oxygen atoms in total. The Labute approximate surface area is 158 Å². The van der Waals surface area contributed by atoms with Crippen LogP contribution in [0, 0.1) is 11.3 Å². The fourth-order valence-corrected chi connectivity index (χ4v) is 3.82. The van der Waals surface area contributed by atoms with Crippen molar-refractivity contribution in [1.82, 2.24) is 0 Å². The molecule has 140 valence electrons. The first-order valence-electron chi connectivity index (χ1n) is 8.38. The van der Waals surface area contributed by atoms with Crippen LogP contribution in [-0.2, 0) is 21.2 Å². The number of nitrogens with zero attached hydrogens (tertiary/aromatic N) is 2. The van der Waals surface area contributed by atoms with Crippen LogP contribution in [0.1, 0.15) is 12.0 Å². The molecular formula is C19H19N3O4S. The van der Waals surface area contributed by atoms with Crippen molar-refractivity contribution in [2.45, 2.75) is 18.9 Å². The highest BCUT2D eigenvalue weighted by Gasteiger charge is 2.31. The molecule has 1 atom stereocenters. The fraction of sp³-hybridized carbons (Fsp3) is 0.263. The zero-order valence-electron chi connectivity index (χ0n) is 14.8. The quantitative estimate of drug-likeness (QED) is 0.871. The molecule has 2 aromatic carbocycles. The van der Waals surface area contributed by atoms with E-state index in [1.54, 1.807) is 48.5 Å². The number of hydrogen-bond donors (Lipinski definition) is 1. The van der Waals surface area contributed by atoms with E-state index in [4.69, 9.17) is 10.00 Å². The van der Waals surface area contributed by atoms with Gasteiger partial charge in [-0.25, -0.2) is 8.42 Å². The highest BCUT2D eigenvalue weighted by Crippen LogP contribution is 2.34. The van der Waals surface area contributed by atoms with Crippen molar-refractivity contribution >= 4 is 27.3 Å². The van der Waals surface area contributed by atoms with Gasteiger partial charge in [-0.2, -0.15) is 5.26 Å². The molecule has 1 N–H and O–H groups in total. The van der Waals surface area contributed by atoms with Crippen molar-refractivity contribution < 1.29 is 17.9 Å². The van der Waals surface area contributed by atoms with Crippen molar-refractivity contribution in [2.24, 2.45) is 0 Å². The fourth-order valence-electron chi connectivity index (χ4n) is 2.88. The highest BCUT2D eigenvalue weighted by molar-refractivity contribution is 7.92. The van der Waals surface area contributed by atoms with Crippen LogP contribution in [0.3, 0.4) is 0 Å². The molecule has 0 aliphatic carbocycles. The summed E-state index contributed by atoms with van der Waals surface area (Å²) in [7, 11) is -3.49. The molecule has 27 heavy (non-hydrogen) atoms. The summed E-state index contributed by atoms with van der Waals surface area (Å²) < 4.78 is 31.3. The van der Waals surface area contributed by atoms with Crippen molar-refractivity contribution in [1.29, 1.82) is 5.26 Å². The number of sulfonamides is 1. The second kappa shape index (κ2) is 7.68. The molecule has 0 aromatic heterocycles. The van der Waals surface area contributed by atoms with Crippen LogP contribution in [0.25, 0.3) is 0 Å². The van der Waals surface area contributed by atoms with Gasteiger partial charge >= 0.3 is 0 Å². The first kappa shape index (κ1) is 18.7. The van der Waals surface area contributed by atoms with Gasteiger partial charge in [0, 0.05) is 18.7 Å². The molecule has 0 bridgehead atoms. The average molecular weight is 385 g/mol. The standard InChI is InChI=1S/C19H19N3O4S/c1-27(24,25)22-13-11-18(26-17-5-3-2-4-16(17)22)19(23)21-15-8-6-14(7-9-15)10-12-20/h2-9,18H,10-11,13H2,1H3,(H,21,23). The number of amides is 1. The number of rotatable bonds is 4. The van der Waals surface area contributed by atoms with Crippen LogP contribution in [0.15, 0.2) is 48.5 Å². The molecular weight excluding hydrogens is 366 g/mol. The van der Waals surface area contributed by atoms with E-state index < -0.39 is 16.1 Å². The lowest BCUT2D eigenvalue weighted by molar-refractivity contribution is -0.122. The summed E-state index contributed by atoms with van der Waals surface area (Å²) in [5.41, 5.74) is 1.87. The summed E-state index contributed by atoms with van der Waals surface area (Å²) >= 11 is 0. The lowest BCUT2D eigenvalue weighted by Gasteiger charge is -2.20. The maximum Gasteiger partial charge on any atom is 0.265 e. The first-order chi connectivity index (χ1) is 12.9. The maximum atomic E-state index is 12.6. The minimum atomic E-state index is -3.49. The lowest BCUT2D eigenvalue weighted by atomic mass is 10.1. The number of nitriles is 1. The predicted octanol–water partition coefficient (Wildman–Crippen LogP) is 2.31. The Kier molecular flexibility index (Phi) is 5.33. The van der Waals surface area contributed by atoms with E-state index >= 15 is 0 Å². The third kappa shape index (κ3) is 4.38. The van der Waals surface area contributed by atoms with E-state index in [9.17, 15) is 13.2 Å². The van der Waals surface area contributed by atoms with Gasteiger partial charge < -0.3 is 10.1 Å². The number of fused-ring (bicyclic) bond motifs is 1. The van der Waals surface area contributed by atoms with Crippen molar-refractivity contribution in [3.05, 3.63) is 54.1 Å². The van der Waals surface area contributed by atoms with E-state index in [0.717, 1.165) is 11.8 Å². The number of nitrogens with one attached hydrogen (secondary N) is 1. The second-order valence-corrected chi connectivity index (χ2v) is 8.13. The second-order valence-electron chi connectivity index (χ2n) is 6.22. The Morgan fingerprint density at radius 2 is 1.96 bits per heavy atom. The Morgan fingerprint density at radius 1 is 1.26 bits per heavy atom. The van der Waals surface area contributed by atoms with Crippen molar-refractivity contribution in [3.8, 4) is 11.8 Å². The van der Waals surface area contributed by atoms with Gasteiger partial charge in [0.2, 0.25) is 10.0 Å². The van der Waals surface area contributed by atoms with Crippen LogP contribution in [0.5, 0.6) is 5.75 Å². The van der Waals surface area contributed by atoms with Crippen molar-refractivity contribution in [2.75, 3.05) is 22.4 Å². The van der Waals surface area contributed by atoms with Gasteiger partial charge in [0.25, 0.3) is 5.91 Å². The summed E-state index contributed by atoms with van der Waals surface area (Å²) in [6.07, 6.45) is 0.835. The molecule has 0 spiro atoms. The van der Waals surface area contributed by atoms with Gasteiger partial charge in [0.05, 0.1) is 24.4 Å². The Hall–Kier alpha value is -3.05. The average Bonchev–Trinajstić information content (AvgIpc) is 2.83. The summed E-state index contributed by atoms with van der Waals surface area (Å²) in [5, 5.41) is 11.5. The smallest absolute Gasteiger partial charge is 0.265 e. The summed E-state index contributed by atoms with van der Waals surface area (Å²) in [6.45, 7) is 0.148. The number of para-hydroxylation sites is 2. The molecule has 3 rings (SSSR count). The van der Waals surface area contributed by atoms with Crippen LogP contribution in [0.2, 0.25) is 0 Å². The topological polar surface area (TPSA) is 99.5 Å². The Bertz CT molecular complexity index is 981. The molecule has 2 aromatic rings. The summed E-state index contributed by atoms with van der Waals surface area (Å²) in [4.78, 5) is 12.6. The number of benzene rings is 2. The largest absolute Gasteiger partial charge is 0.478 e. The molecule has 1 aliphatic heterocycles. The molecule has 8 heteroatoms. The molecule has 1 heterocycles. The van der Waals surface area contributed by atoms with Gasteiger partial charge in [-0.3, -0.25) is 9.10 Å². The van der Waals surface area contributed by atoms with Crippen LogP contribution >= 0.6 is 0 Å². The zero-order valence-corrected chi connectivity index (χ0v) is 15.6. The van der Waals surface area contributed by atoms with Crippen molar-refractivity contribution in [3.63, 3.8) is 0 Å². The number of anilines is 2.